The molecule has 0 spiro atoms. The van der Waals surface area contributed by atoms with Crippen LogP contribution in [0.15, 0.2) is 41.0 Å². The molecule has 0 saturated heterocycles. The van der Waals surface area contributed by atoms with E-state index in [-0.39, 0.29) is 17.4 Å². The van der Waals surface area contributed by atoms with Crippen LogP contribution in [0.2, 0.25) is 0 Å². The fourth-order valence-corrected chi connectivity index (χ4v) is 8.15. The van der Waals surface area contributed by atoms with Crippen molar-refractivity contribution in [1.82, 2.24) is 0 Å². The topological polar surface area (TPSA) is 43.7 Å². The lowest BCUT2D eigenvalue weighted by molar-refractivity contribution is -0.0514. The first kappa shape index (κ1) is 24.7. The summed E-state index contributed by atoms with van der Waals surface area (Å²) >= 11 is 0. The summed E-state index contributed by atoms with van der Waals surface area (Å²) in [7, 11) is 4.25. The predicted octanol–water partition coefficient (Wildman–Crippen LogP) is 6.32. The van der Waals surface area contributed by atoms with Crippen LogP contribution in [-0.2, 0) is 0 Å². The Kier molecular flexibility index (Phi) is 6.22. The van der Waals surface area contributed by atoms with E-state index >= 15 is 0 Å². The van der Waals surface area contributed by atoms with Crippen LogP contribution in [0.3, 0.4) is 0 Å². The first-order chi connectivity index (χ1) is 16.6. The highest BCUT2D eigenvalue weighted by molar-refractivity contribution is 5.58. The van der Waals surface area contributed by atoms with Crippen LogP contribution >= 0.6 is 0 Å². The van der Waals surface area contributed by atoms with Gasteiger partial charge in [-0.25, -0.2) is 0 Å². The molecule has 5 rings (SSSR count). The Morgan fingerprint density at radius 1 is 1.11 bits per heavy atom. The first-order valence-electron chi connectivity index (χ1n) is 13.7. The molecule has 4 aliphatic rings. The molecule has 1 aromatic rings. The van der Waals surface area contributed by atoms with Crippen LogP contribution in [-0.4, -0.2) is 36.0 Å². The maximum Gasteiger partial charge on any atom is 0.131 e. The van der Waals surface area contributed by atoms with Crippen molar-refractivity contribution in [1.29, 1.82) is 0 Å². The summed E-state index contributed by atoms with van der Waals surface area (Å²) in [4.78, 5) is 2.22. The van der Waals surface area contributed by atoms with Gasteiger partial charge in [-0.2, -0.15) is 0 Å². The number of rotatable bonds is 3. The largest absolute Gasteiger partial charge is 0.389 e. The molecule has 0 aliphatic heterocycles. The molecule has 188 valence electrons. The number of fused-ring (bicyclic) bond motifs is 4. The van der Waals surface area contributed by atoms with Gasteiger partial charge in [-0.3, -0.25) is 0 Å². The van der Waals surface area contributed by atoms with Gasteiger partial charge >= 0.3 is 0 Å². The predicted molar refractivity (Wildman–Crippen MR) is 145 cm³/mol. The quantitative estimate of drug-likeness (QED) is 0.505. The van der Waals surface area contributed by atoms with Crippen LogP contribution in [0.1, 0.15) is 95.6 Å². The monoisotopic (exact) mass is 473 g/mol. The van der Waals surface area contributed by atoms with Crippen molar-refractivity contribution in [3.8, 4) is 11.8 Å². The zero-order chi connectivity index (χ0) is 25.1. The summed E-state index contributed by atoms with van der Waals surface area (Å²) in [6.45, 7) is 8.76. The summed E-state index contributed by atoms with van der Waals surface area (Å²) < 4.78 is 0. The number of hydrogen-bond donors (Lipinski definition) is 2. The Morgan fingerprint density at radius 2 is 1.89 bits per heavy atom. The highest BCUT2D eigenvalue weighted by Crippen LogP contribution is 2.66. The molecule has 0 aromatic heterocycles. The number of aliphatic hydroxyl groups is 2. The van der Waals surface area contributed by atoms with Gasteiger partial charge in [0, 0.05) is 31.1 Å². The van der Waals surface area contributed by atoms with Gasteiger partial charge in [0.1, 0.15) is 5.60 Å². The maximum absolute atomic E-state index is 11.9. The fourth-order valence-electron chi connectivity index (χ4n) is 8.15. The molecule has 1 aromatic carbocycles. The van der Waals surface area contributed by atoms with Gasteiger partial charge in [0.25, 0.3) is 0 Å². The molecule has 2 N–H and O–H groups in total. The van der Waals surface area contributed by atoms with Gasteiger partial charge in [-0.15, -0.1) is 5.92 Å². The molecule has 2 fully saturated rings. The van der Waals surface area contributed by atoms with Crippen LogP contribution in [0, 0.1) is 29.1 Å². The van der Waals surface area contributed by atoms with Crippen LogP contribution in [0.4, 0.5) is 5.69 Å². The molecule has 4 aliphatic carbocycles. The molecule has 3 heteroatoms. The Morgan fingerprint density at radius 3 is 2.57 bits per heavy atom. The van der Waals surface area contributed by atoms with Crippen molar-refractivity contribution in [2.45, 2.75) is 96.2 Å². The summed E-state index contributed by atoms with van der Waals surface area (Å²) in [5, 5.41) is 22.3. The van der Waals surface area contributed by atoms with E-state index in [2.05, 4.69) is 75.9 Å². The molecule has 6 atom stereocenters. The summed E-state index contributed by atoms with van der Waals surface area (Å²) in [5.74, 6) is 8.03. The van der Waals surface area contributed by atoms with Crippen molar-refractivity contribution in [2.75, 3.05) is 19.0 Å². The molecule has 2 saturated carbocycles. The minimum Gasteiger partial charge on any atom is -0.389 e. The highest BCUT2D eigenvalue weighted by Gasteiger charge is 2.62. The minimum atomic E-state index is -0.913. The van der Waals surface area contributed by atoms with Crippen LogP contribution in [0.5, 0.6) is 0 Å². The normalized spacial score (nSPS) is 36.1. The number of benzene rings is 1. The second kappa shape index (κ2) is 8.82. The van der Waals surface area contributed by atoms with Gasteiger partial charge in [-0.05, 0) is 98.0 Å². The van der Waals surface area contributed by atoms with Gasteiger partial charge in [-0.1, -0.05) is 50.5 Å². The van der Waals surface area contributed by atoms with E-state index in [1.807, 2.05) is 6.92 Å². The third-order valence-electron chi connectivity index (χ3n) is 9.90. The van der Waals surface area contributed by atoms with Gasteiger partial charge < -0.3 is 15.1 Å². The molecule has 35 heavy (non-hydrogen) atoms. The smallest absolute Gasteiger partial charge is 0.131 e. The highest BCUT2D eigenvalue weighted by atomic mass is 16.3. The summed E-state index contributed by atoms with van der Waals surface area (Å²) in [6.07, 6.45) is 8.57. The average molecular weight is 474 g/mol. The lowest BCUT2D eigenvalue weighted by atomic mass is 9.51. The van der Waals surface area contributed by atoms with Crippen molar-refractivity contribution >= 4 is 5.69 Å². The average Bonchev–Trinajstić information content (AvgIpc) is 3.08. The molecule has 0 heterocycles. The molecular formula is C32H43NO2. The Hall–Kier alpha value is -2.02. The molecular weight excluding hydrogens is 430 g/mol. The van der Waals surface area contributed by atoms with Gasteiger partial charge in [0.15, 0.2) is 0 Å². The number of anilines is 1. The van der Waals surface area contributed by atoms with E-state index in [0.29, 0.717) is 17.8 Å². The zero-order valence-corrected chi connectivity index (χ0v) is 22.5. The number of allylic oxidation sites excluding steroid dienone is 3. The Balaban J connectivity index is 1.70. The Labute approximate surface area is 212 Å². The molecule has 3 nitrogen and oxygen atoms in total. The van der Waals surface area contributed by atoms with E-state index in [9.17, 15) is 10.2 Å². The third kappa shape index (κ3) is 3.80. The molecule has 0 amide bonds. The van der Waals surface area contributed by atoms with Crippen molar-refractivity contribution < 1.29 is 10.2 Å². The maximum atomic E-state index is 11.9. The third-order valence-corrected chi connectivity index (χ3v) is 9.90. The fraction of sp³-hybridized carbons (Fsp3) is 0.625. The van der Waals surface area contributed by atoms with E-state index in [1.54, 1.807) is 5.57 Å². The van der Waals surface area contributed by atoms with Crippen LogP contribution in [0.25, 0.3) is 0 Å². The molecule has 1 unspecified atom stereocenters. The number of nitrogens with zero attached hydrogens (tertiary/aromatic N) is 1. The summed E-state index contributed by atoms with van der Waals surface area (Å²) in [5.41, 5.74) is 7.47. The molecule has 0 radical (unpaired) electrons. The van der Waals surface area contributed by atoms with E-state index in [1.165, 1.54) is 28.0 Å². The lowest BCUT2D eigenvalue weighted by Crippen LogP contribution is -2.51. The van der Waals surface area contributed by atoms with E-state index in [4.69, 9.17) is 0 Å². The van der Waals surface area contributed by atoms with E-state index < -0.39 is 5.60 Å². The van der Waals surface area contributed by atoms with Crippen molar-refractivity contribution in [3.05, 3.63) is 52.1 Å². The second-order valence-corrected chi connectivity index (χ2v) is 12.3. The minimum absolute atomic E-state index is 0.219. The standard InChI is InChI=1S/C32H43NO2/c1-7-15-32(35)16-14-28-25-11-8-21-17-23(34)10-12-24(21)30(25)27(19-31(28,32)4)22-9-13-29(33(5)6)26(18-22)20(2)3/h9,13,17-18,20,23,25,27-28,34-35H,8,10-12,14,16,19H2,1-6H3/t23?,25-,27+,28-,31-,32-/m0/s1. The van der Waals surface area contributed by atoms with Crippen molar-refractivity contribution in [3.63, 3.8) is 0 Å². The van der Waals surface area contributed by atoms with Gasteiger partial charge in [0.2, 0.25) is 0 Å². The SMILES string of the molecule is CC#C[C@]1(O)CC[C@H]2[C@@H]3CCC4=CC(O)CCC4=C3[C@@H](c3ccc(N(C)C)c(C(C)C)c3)C[C@@]21C. The Bertz CT molecular complexity index is 1130. The zero-order valence-electron chi connectivity index (χ0n) is 22.5. The molecule has 0 bridgehead atoms. The van der Waals surface area contributed by atoms with Crippen molar-refractivity contribution in [2.24, 2.45) is 17.3 Å². The second-order valence-electron chi connectivity index (χ2n) is 12.3. The number of hydrogen-bond acceptors (Lipinski definition) is 3. The lowest BCUT2D eigenvalue weighted by Gasteiger charge is -2.54. The number of aliphatic hydroxyl groups excluding tert-OH is 1. The van der Waals surface area contributed by atoms with Gasteiger partial charge in [0.05, 0.1) is 6.10 Å². The first-order valence-corrected chi connectivity index (χ1v) is 13.7. The van der Waals surface area contributed by atoms with Crippen LogP contribution < -0.4 is 4.90 Å². The van der Waals surface area contributed by atoms with E-state index in [0.717, 1.165) is 44.9 Å². The summed E-state index contributed by atoms with van der Waals surface area (Å²) in [6, 6.07) is 7.10.